The van der Waals surface area contributed by atoms with Gasteiger partial charge in [0.1, 0.15) is 17.6 Å². The molecule has 0 spiro atoms. The largest absolute Gasteiger partial charge is 0.490 e. The molecule has 0 saturated heterocycles. The Hall–Kier alpha value is -1.02. The predicted octanol–water partition coefficient (Wildman–Crippen LogP) is 3.54. The van der Waals surface area contributed by atoms with Crippen LogP contribution in [-0.4, -0.2) is 11.9 Å². The quantitative estimate of drug-likeness (QED) is 0.788. The first-order valence-corrected chi connectivity index (χ1v) is 5.97. The molecule has 0 N–H and O–H groups in total. The van der Waals surface area contributed by atoms with Crippen LogP contribution in [0.2, 0.25) is 5.02 Å². The molecule has 0 bridgehead atoms. The van der Waals surface area contributed by atoms with Gasteiger partial charge in [-0.15, -0.1) is 0 Å². The molecule has 1 aromatic carbocycles. The summed E-state index contributed by atoms with van der Waals surface area (Å²) >= 11 is 5.87. The Bertz CT molecular complexity index is 401. The van der Waals surface area contributed by atoms with Crippen molar-refractivity contribution in [1.82, 2.24) is 0 Å². The number of carbonyl (C=O) groups excluding carboxylic acids is 1. The van der Waals surface area contributed by atoms with Crippen LogP contribution >= 0.6 is 11.6 Å². The molecule has 1 aliphatic rings. The van der Waals surface area contributed by atoms with Crippen molar-refractivity contribution in [2.75, 3.05) is 0 Å². The maximum absolute atomic E-state index is 11.3. The number of ether oxygens (including phenoxy) is 1. The molecule has 0 aliphatic heterocycles. The van der Waals surface area contributed by atoms with Gasteiger partial charge in [-0.3, -0.25) is 4.79 Å². The van der Waals surface area contributed by atoms with Crippen LogP contribution < -0.4 is 4.74 Å². The van der Waals surface area contributed by atoms with Crippen LogP contribution in [0.25, 0.3) is 0 Å². The van der Waals surface area contributed by atoms with Gasteiger partial charge in [0.25, 0.3) is 0 Å². The summed E-state index contributed by atoms with van der Waals surface area (Å²) in [5.74, 6) is 1.15. The van der Waals surface area contributed by atoms with Gasteiger partial charge >= 0.3 is 0 Å². The van der Waals surface area contributed by atoms with Gasteiger partial charge in [-0.25, -0.2) is 0 Å². The first-order valence-electron chi connectivity index (χ1n) is 5.59. The van der Waals surface area contributed by atoms with Gasteiger partial charge in [-0.2, -0.15) is 0 Å². The van der Waals surface area contributed by atoms with Gasteiger partial charge in [-0.05, 0) is 43.5 Å². The number of halogens is 1. The number of aryl methyl sites for hydroxylation is 1. The highest BCUT2D eigenvalue weighted by Crippen LogP contribution is 2.26. The summed E-state index contributed by atoms with van der Waals surface area (Å²) in [7, 11) is 0. The number of carbonyl (C=O) groups is 1. The summed E-state index contributed by atoms with van der Waals surface area (Å²) < 4.78 is 5.83. The minimum Gasteiger partial charge on any atom is -0.490 e. The van der Waals surface area contributed by atoms with Crippen molar-refractivity contribution >= 4 is 17.4 Å². The molecular formula is C13H15ClO2. The Balaban J connectivity index is 2.05. The van der Waals surface area contributed by atoms with Crippen molar-refractivity contribution in [3.8, 4) is 5.75 Å². The zero-order chi connectivity index (χ0) is 11.5. The second-order valence-corrected chi connectivity index (χ2v) is 4.72. The number of hydrogen-bond acceptors (Lipinski definition) is 2. The molecule has 1 saturated carbocycles. The molecule has 0 amide bonds. The second-order valence-electron chi connectivity index (χ2n) is 4.28. The zero-order valence-electron chi connectivity index (χ0n) is 9.33. The highest BCUT2D eigenvalue weighted by molar-refractivity contribution is 6.30. The van der Waals surface area contributed by atoms with E-state index in [4.69, 9.17) is 16.3 Å². The normalized spacial score (nSPS) is 20.9. The van der Waals surface area contributed by atoms with E-state index in [0.717, 1.165) is 24.2 Å². The fourth-order valence-electron chi connectivity index (χ4n) is 2.01. The molecule has 2 nitrogen and oxygen atoms in total. The third-order valence-corrected chi connectivity index (χ3v) is 3.10. The van der Waals surface area contributed by atoms with Crippen LogP contribution in [0.15, 0.2) is 18.2 Å². The summed E-state index contributed by atoms with van der Waals surface area (Å²) in [6.07, 6.45) is 3.20. The minimum absolute atomic E-state index is 0.0427. The third-order valence-electron chi connectivity index (χ3n) is 2.87. The predicted molar refractivity (Wildman–Crippen MR) is 64.1 cm³/mol. The molecule has 3 heteroatoms. The summed E-state index contributed by atoms with van der Waals surface area (Å²) in [5.41, 5.74) is 1.02. The average Bonchev–Trinajstić information content (AvgIpc) is 2.22. The monoisotopic (exact) mass is 238 g/mol. The van der Waals surface area contributed by atoms with Crippen molar-refractivity contribution < 1.29 is 9.53 Å². The second kappa shape index (κ2) is 4.88. The van der Waals surface area contributed by atoms with E-state index < -0.39 is 0 Å². The fourth-order valence-corrected chi connectivity index (χ4v) is 2.24. The Morgan fingerprint density at radius 2 is 2.25 bits per heavy atom. The maximum atomic E-state index is 11.3. The molecular weight excluding hydrogens is 224 g/mol. The van der Waals surface area contributed by atoms with E-state index in [1.165, 1.54) is 0 Å². The highest BCUT2D eigenvalue weighted by atomic mass is 35.5. The van der Waals surface area contributed by atoms with Crippen LogP contribution in [0, 0.1) is 6.92 Å². The molecule has 1 aliphatic carbocycles. The number of Topliss-reactive ketones (excluding diaryl/α,β-unsaturated/α-hetero) is 1. The number of rotatable bonds is 2. The summed E-state index contributed by atoms with van der Waals surface area (Å²) in [6.45, 7) is 1.96. The Morgan fingerprint density at radius 3 is 2.94 bits per heavy atom. The maximum Gasteiger partial charge on any atom is 0.136 e. The van der Waals surface area contributed by atoms with Crippen LogP contribution in [0.5, 0.6) is 5.75 Å². The zero-order valence-corrected chi connectivity index (χ0v) is 10.1. The molecule has 1 atom stereocenters. The lowest BCUT2D eigenvalue weighted by Gasteiger charge is -2.23. The summed E-state index contributed by atoms with van der Waals surface area (Å²) in [4.78, 5) is 11.3. The van der Waals surface area contributed by atoms with Gasteiger partial charge in [0.15, 0.2) is 0 Å². The molecule has 0 heterocycles. The molecule has 0 aromatic heterocycles. The first kappa shape index (κ1) is 11.5. The molecule has 16 heavy (non-hydrogen) atoms. The van der Waals surface area contributed by atoms with E-state index in [1.807, 2.05) is 25.1 Å². The van der Waals surface area contributed by atoms with Crippen molar-refractivity contribution in [3.05, 3.63) is 28.8 Å². The van der Waals surface area contributed by atoms with E-state index in [9.17, 15) is 4.79 Å². The Kier molecular flexibility index (Phi) is 3.49. The van der Waals surface area contributed by atoms with Gasteiger partial charge in [0, 0.05) is 17.9 Å². The van der Waals surface area contributed by atoms with Crippen LogP contribution in [0.1, 0.15) is 31.2 Å². The van der Waals surface area contributed by atoms with Crippen molar-refractivity contribution in [2.45, 2.75) is 38.7 Å². The van der Waals surface area contributed by atoms with E-state index >= 15 is 0 Å². The van der Waals surface area contributed by atoms with Crippen LogP contribution in [-0.2, 0) is 4.79 Å². The standard InChI is InChI=1S/C13H15ClO2/c1-9-7-10(14)5-6-13(9)16-12-4-2-3-11(15)8-12/h5-7,12H,2-4,8H2,1H3. The Morgan fingerprint density at radius 1 is 1.44 bits per heavy atom. The van der Waals surface area contributed by atoms with Crippen molar-refractivity contribution in [1.29, 1.82) is 0 Å². The van der Waals surface area contributed by atoms with Gasteiger partial charge < -0.3 is 4.74 Å². The summed E-state index contributed by atoms with van der Waals surface area (Å²) in [5, 5.41) is 0.713. The lowest BCUT2D eigenvalue weighted by molar-refractivity contribution is -0.122. The molecule has 1 unspecified atom stereocenters. The van der Waals surface area contributed by atoms with E-state index in [-0.39, 0.29) is 6.10 Å². The molecule has 86 valence electrons. The molecule has 2 rings (SSSR count). The number of ketones is 1. The van der Waals surface area contributed by atoms with Crippen LogP contribution in [0.3, 0.4) is 0 Å². The molecule has 0 radical (unpaired) electrons. The smallest absolute Gasteiger partial charge is 0.136 e. The first-order chi connectivity index (χ1) is 7.65. The van der Waals surface area contributed by atoms with Crippen molar-refractivity contribution in [2.24, 2.45) is 0 Å². The fraction of sp³-hybridized carbons (Fsp3) is 0.462. The SMILES string of the molecule is Cc1cc(Cl)ccc1OC1CCCC(=O)C1. The topological polar surface area (TPSA) is 26.3 Å². The van der Waals surface area contributed by atoms with Gasteiger partial charge in [0.2, 0.25) is 0 Å². The van der Waals surface area contributed by atoms with Crippen molar-refractivity contribution in [3.63, 3.8) is 0 Å². The highest BCUT2D eigenvalue weighted by Gasteiger charge is 2.21. The van der Waals surface area contributed by atoms with E-state index in [1.54, 1.807) is 0 Å². The molecule has 1 aromatic rings. The third kappa shape index (κ3) is 2.76. The van der Waals surface area contributed by atoms with E-state index in [0.29, 0.717) is 23.6 Å². The number of hydrogen-bond donors (Lipinski definition) is 0. The van der Waals surface area contributed by atoms with Crippen LogP contribution in [0.4, 0.5) is 0 Å². The lowest BCUT2D eigenvalue weighted by atomic mass is 9.96. The Labute approximate surface area is 101 Å². The van der Waals surface area contributed by atoms with E-state index in [2.05, 4.69) is 0 Å². The summed E-state index contributed by atoms with van der Waals surface area (Å²) in [6, 6.07) is 5.56. The van der Waals surface area contributed by atoms with Gasteiger partial charge in [-0.1, -0.05) is 11.6 Å². The molecule has 1 fully saturated rings. The number of benzene rings is 1. The minimum atomic E-state index is 0.0427. The average molecular weight is 239 g/mol. The lowest BCUT2D eigenvalue weighted by Crippen LogP contribution is -2.25. The van der Waals surface area contributed by atoms with Gasteiger partial charge in [0.05, 0.1) is 0 Å².